The number of rotatable bonds is 5. The quantitative estimate of drug-likeness (QED) is 0.838. The summed E-state index contributed by atoms with van der Waals surface area (Å²) in [7, 11) is 0. The maximum Gasteiger partial charge on any atom is 0.168 e. The van der Waals surface area contributed by atoms with E-state index in [2.05, 4.69) is 44.9 Å². The van der Waals surface area contributed by atoms with Gasteiger partial charge in [-0.2, -0.15) is 0 Å². The molecule has 1 N–H and O–H groups in total. The third kappa shape index (κ3) is 4.62. The molecule has 0 bridgehead atoms. The lowest BCUT2D eigenvalue weighted by atomic mass is 9.63. The summed E-state index contributed by atoms with van der Waals surface area (Å²) in [5.41, 5.74) is 0.747. The Kier molecular flexibility index (Phi) is 4.80. The van der Waals surface area contributed by atoms with Gasteiger partial charge in [0, 0.05) is 12.2 Å². The fourth-order valence-electron chi connectivity index (χ4n) is 3.97. The van der Waals surface area contributed by atoms with E-state index in [0.717, 1.165) is 24.6 Å². The van der Waals surface area contributed by atoms with Gasteiger partial charge in [-0.1, -0.05) is 34.6 Å². The minimum atomic E-state index is 0.374. The number of hydrogen-bond acceptors (Lipinski definition) is 3. The second-order valence-electron chi connectivity index (χ2n) is 7.95. The molecule has 0 radical (unpaired) electrons. The molecule has 0 unspecified atom stereocenters. The van der Waals surface area contributed by atoms with Crippen LogP contribution in [0.3, 0.4) is 0 Å². The van der Waals surface area contributed by atoms with Crippen LogP contribution < -0.4 is 10.1 Å². The van der Waals surface area contributed by atoms with Gasteiger partial charge in [-0.15, -0.1) is 0 Å². The summed E-state index contributed by atoms with van der Waals surface area (Å²) in [6, 6.07) is 4.40. The highest BCUT2D eigenvalue weighted by atomic mass is 16.5. The Balaban J connectivity index is 2.10. The fourth-order valence-corrected chi connectivity index (χ4v) is 3.97. The number of pyridine rings is 1. The predicted octanol–water partition coefficient (Wildman–Crippen LogP) is 4.89. The molecule has 0 atom stereocenters. The topological polar surface area (TPSA) is 34.1 Å². The third-order valence-corrected chi connectivity index (χ3v) is 4.13. The second-order valence-corrected chi connectivity index (χ2v) is 7.95. The van der Waals surface area contributed by atoms with Crippen LogP contribution in [-0.4, -0.2) is 17.6 Å². The van der Waals surface area contributed by atoms with Gasteiger partial charge >= 0.3 is 0 Å². The zero-order valence-corrected chi connectivity index (χ0v) is 14.2. The summed E-state index contributed by atoms with van der Waals surface area (Å²) in [5.74, 6) is 1.77. The van der Waals surface area contributed by atoms with Crippen LogP contribution in [-0.2, 0) is 0 Å². The van der Waals surface area contributed by atoms with Gasteiger partial charge < -0.3 is 10.1 Å². The van der Waals surface area contributed by atoms with Crippen LogP contribution in [0.25, 0.3) is 0 Å². The molecular formula is C18H30N2O. The first-order valence-corrected chi connectivity index (χ1v) is 8.16. The van der Waals surface area contributed by atoms with Crippen molar-refractivity contribution in [2.75, 3.05) is 11.9 Å². The van der Waals surface area contributed by atoms with Crippen LogP contribution in [0.2, 0.25) is 0 Å². The molecular weight excluding hydrogens is 260 g/mol. The minimum Gasteiger partial charge on any atom is -0.490 e. The second kappa shape index (κ2) is 6.25. The van der Waals surface area contributed by atoms with Crippen molar-refractivity contribution in [3.63, 3.8) is 0 Å². The van der Waals surface area contributed by atoms with Crippen molar-refractivity contribution < 1.29 is 4.74 Å². The van der Waals surface area contributed by atoms with Crippen LogP contribution >= 0.6 is 0 Å². The average molecular weight is 290 g/mol. The normalized spacial score (nSPS) is 21.0. The van der Waals surface area contributed by atoms with E-state index in [-0.39, 0.29) is 0 Å². The van der Waals surface area contributed by atoms with E-state index in [1.807, 2.05) is 18.3 Å². The predicted molar refractivity (Wildman–Crippen MR) is 88.8 cm³/mol. The van der Waals surface area contributed by atoms with Crippen LogP contribution in [0.1, 0.15) is 60.3 Å². The lowest BCUT2D eigenvalue weighted by Crippen LogP contribution is -2.40. The van der Waals surface area contributed by atoms with E-state index < -0.39 is 0 Å². The summed E-state index contributed by atoms with van der Waals surface area (Å²) in [5, 5.41) is 3.63. The molecule has 1 saturated carbocycles. The van der Waals surface area contributed by atoms with Crippen molar-refractivity contribution in [3.05, 3.63) is 18.3 Å². The van der Waals surface area contributed by atoms with Gasteiger partial charge in [-0.3, -0.25) is 0 Å². The lowest BCUT2D eigenvalue weighted by molar-refractivity contribution is 0.105. The van der Waals surface area contributed by atoms with E-state index in [1.165, 1.54) is 19.3 Å². The monoisotopic (exact) mass is 290 g/mol. The first-order chi connectivity index (χ1) is 9.81. The fraction of sp³-hybridized carbons (Fsp3) is 0.722. The molecule has 3 nitrogen and oxygen atoms in total. The molecule has 3 heteroatoms. The number of ether oxygens (including phenoxy) is 1. The van der Waals surface area contributed by atoms with Gasteiger partial charge in [-0.25, -0.2) is 4.98 Å². The van der Waals surface area contributed by atoms with Crippen molar-refractivity contribution in [2.45, 2.75) is 66.3 Å². The molecule has 1 fully saturated rings. The first-order valence-electron chi connectivity index (χ1n) is 8.16. The zero-order valence-electron chi connectivity index (χ0n) is 14.2. The summed E-state index contributed by atoms with van der Waals surface area (Å²) in [6.07, 6.45) is 6.48. The number of nitrogens with one attached hydrogen (secondary N) is 1. The maximum atomic E-state index is 5.81. The van der Waals surface area contributed by atoms with Crippen molar-refractivity contribution in [2.24, 2.45) is 10.8 Å². The molecule has 0 spiro atoms. The molecule has 1 aliphatic carbocycles. The number of anilines is 1. The van der Waals surface area contributed by atoms with E-state index >= 15 is 0 Å². The Morgan fingerprint density at radius 2 is 1.90 bits per heavy atom. The van der Waals surface area contributed by atoms with Crippen molar-refractivity contribution in [1.82, 2.24) is 4.98 Å². The van der Waals surface area contributed by atoms with Crippen molar-refractivity contribution in [3.8, 4) is 5.75 Å². The molecule has 118 valence electrons. The molecule has 1 aliphatic rings. The lowest BCUT2D eigenvalue weighted by Gasteiger charge is -2.45. The summed E-state index contributed by atoms with van der Waals surface area (Å²) in [4.78, 5) is 4.49. The Morgan fingerprint density at radius 1 is 1.24 bits per heavy atom. The molecule has 0 aromatic carbocycles. The van der Waals surface area contributed by atoms with Gasteiger partial charge in [-0.05, 0) is 48.6 Å². The average Bonchev–Trinajstić information content (AvgIpc) is 2.34. The van der Waals surface area contributed by atoms with E-state index in [9.17, 15) is 0 Å². The Hall–Kier alpha value is -1.25. The van der Waals surface area contributed by atoms with Gasteiger partial charge in [0.2, 0.25) is 0 Å². The molecule has 0 aliphatic heterocycles. The van der Waals surface area contributed by atoms with Gasteiger partial charge in [0.25, 0.3) is 0 Å². The molecule has 1 heterocycles. The summed E-state index contributed by atoms with van der Waals surface area (Å²) >= 11 is 0. The number of aromatic nitrogens is 1. The minimum absolute atomic E-state index is 0.374. The summed E-state index contributed by atoms with van der Waals surface area (Å²) in [6.45, 7) is 12.3. The SMILES string of the molecule is CCCOc1cccnc1NC1CC(C)(C)CC(C)(C)C1. The van der Waals surface area contributed by atoms with Crippen LogP contribution in [0, 0.1) is 10.8 Å². The Labute approximate surface area is 129 Å². The zero-order chi connectivity index (χ0) is 15.5. The van der Waals surface area contributed by atoms with E-state index in [1.54, 1.807) is 0 Å². The van der Waals surface area contributed by atoms with Crippen LogP contribution in [0.4, 0.5) is 5.82 Å². The highest BCUT2D eigenvalue weighted by Gasteiger charge is 2.38. The molecule has 0 amide bonds. The molecule has 1 aromatic rings. The third-order valence-electron chi connectivity index (χ3n) is 4.13. The highest BCUT2D eigenvalue weighted by molar-refractivity contribution is 5.50. The Bertz CT molecular complexity index is 452. The van der Waals surface area contributed by atoms with Gasteiger partial charge in [0.1, 0.15) is 0 Å². The molecule has 2 rings (SSSR count). The standard InChI is InChI=1S/C18H30N2O/c1-6-10-21-15-8-7-9-19-16(15)20-14-11-17(2,3)13-18(4,5)12-14/h7-9,14H,6,10-13H2,1-5H3,(H,19,20). The van der Waals surface area contributed by atoms with Crippen LogP contribution in [0.15, 0.2) is 18.3 Å². The maximum absolute atomic E-state index is 5.81. The van der Waals surface area contributed by atoms with Gasteiger partial charge in [0.15, 0.2) is 11.6 Å². The van der Waals surface area contributed by atoms with E-state index in [0.29, 0.717) is 16.9 Å². The number of hydrogen-bond donors (Lipinski definition) is 1. The van der Waals surface area contributed by atoms with E-state index in [4.69, 9.17) is 4.74 Å². The molecule has 21 heavy (non-hydrogen) atoms. The number of nitrogens with zero attached hydrogens (tertiary/aromatic N) is 1. The first kappa shape index (κ1) is 16.1. The summed E-state index contributed by atoms with van der Waals surface area (Å²) < 4.78 is 5.81. The highest BCUT2D eigenvalue weighted by Crippen LogP contribution is 2.46. The largest absolute Gasteiger partial charge is 0.490 e. The molecule has 1 aromatic heterocycles. The Morgan fingerprint density at radius 3 is 2.52 bits per heavy atom. The van der Waals surface area contributed by atoms with Crippen molar-refractivity contribution in [1.29, 1.82) is 0 Å². The van der Waals surface area contributed by atoms with Gasteiger partial charge in [0.05, 0.1) is 6.61 Å². The van der Waals surface area contributed by atoms with Crippen molar-refractivity contribution >= 4 is 5.82 Å². The molecule has 0 saturated heterocycles. The smallest absolute Gasteiger partial charge is 0.168 e. The van der Waals surface area contributed by atoms with Crippen LogP contribution in [0.5, 0.6) is 5.75 Å².